The molecule has 0 aliphatic carbocycles. The number of carbonyl (C=O) groups excluding carboxylic acids is 3. The Bertz CT molecular complexity index is 1020. The first-order chi connectivity index (χ1) is 18.4. The molecule has 10 heteroatoms. The zero-order chi connectivity index (χ0) is 26.9. The van der Waals surface area contributed by atoms with Crippen LogP contribution in [0.4, 0.5) is 5.69 Å². The van der Waals surface area contributed by atoms with E-state index in [9.17, 15) is 19.5 Å². The van der Waals surface area contributed by atoms with Gasteiger partial charge >= 0.3 is 0 Å². The van der Waals surface area contributed by atoms with Crippen LogP contribution in [-0.4, -0.2) is 101 Å². The van der Waals surface area contributed by atoms with Gasteiger partial charge in [-0.25, -0.2) is 0 Å². The molecule has 5 rings (SSSR count). The summed E-state index contributed by atoms with van der Waals surface area (Å²) in [6, 6.07) is 8.12. The minimum atomic E-state index is -0.708. The number of nitrogens with one attached hydrogen (secondary N) is 2. The van der Waals surface area contributed by atoms with Crippen molar-refractivity contribution in [1.82, 2.24) is 15.1 Å². The minimum absolute atomic E-state index is 0.00497. The molecule has 3 N–H and O–H groups in total. The van der Waals surface area contributed by atoms with Crippen LogP contribution < -0.4 is 10.6 Å². The number of anilines is 1. The molecule has 0 saturated carbocycles. The van der Waals surface area contributed by atoms with E-state index < -0.39 is 28.7 Å². The van der Waals surface area contributed by atoms with Crippen LogP contribution in [0.5, 0.6) is 0 Å². The zero-order valence-corrected chi connectivity index (χ0v) is 23.1. The van der Waals surface area contributed by atoms with Gasteiger partial charge in [-0.05, 0) is 30.9 Å². The lowest BCUT2D eigenvalue weighted by Gasteiger charge is -2.39. The Kier molecular flexibility index (Phi) is 8.33. The molecule has 3 amide bonds. The van der Waals surface area contributed by atoms with Gasteiger partial charge in [0.15, 0.2) is 0 Å². The number of rotatable bonds is 10. The first-order valence-corrected chi connectivity index (χ1v) is 14.8. The summed E-state index contributed by atoms with van der Waals surface area (Å²) in [7, 11) is 0. The number of hydrogen-bond donors (Lipinski definition) is 3. The second-order valence-electron chi connectivity index (χ2n) is 11.0. The quantitative estimate of drug-likeness (QED) is 0.410. The lowest BCUT2D eigenvalue weighted by molar-refractivity contribution is -0.143. The number of para-hydroxylation sites is 1. The molecule has 2 bridgehead atoms. The molecule has 9 nitrogen and oxygen atoms in total. The molecular formula is C28H40N4O5S. The highest BCUT2D eigenvalue weighted by molar-refractivity contribution is 8.02. The molecule has 1 spiro atoms. The van der Waals surface area contributed by atoms with Crippen molar-refractivity contribution < 1.29 is 24.2 Å². The highest BCUT2D eigenvalue weighted by Gasteiger charge is 2.74. The molecule has 4 saturated heterocycles. The number of nitrogens with zero attached hydrogens (tertiary/aromatic N) is 2. The monoisotopic (exact) mass is 544 g/mol. The van der Waals surface area contributed by atoms with Crippen LogP contribution in [0.15, 0.2) is 30.3 Å². The molecule has 4 aliphatic heterocycles. The third kappa shape index (κ3) is 4.85. The smallest absolute Gasteiger partial charge is 0.244 e. The Morgan fingerprint density at radius 2 is 1.95 bits per heavy atom. The number of fused-ring (bicyclic) bond motifs is 1. The lowest BCUT2D eigenvalue weighted by Crippen LogP contribution is -2.58. The third-order valence-electron chi connectivity index (χ3n) is 9.01. The van der Waals surface area contributed by atoms with Gasteiger partial charge in [0.05, 0.1) is 42.4 Å². The minimum Gasteiger partial charge on any atom is -0.394 e. The summed E-state index contributed by atoms with van der Waals surface area (Å²) in [4.78, 5) is 45.7. The molecule has 1 aromatic rings. The molecule has 1 aromatic carbocycles. The van der Waals surface area contributed by atoms with Gasteiger partial charge in [-0.3, -0.25) is 19.3 Å². The first-order valence-electron chi connectivity index (χ1n) is 14.0. The number of thioether (sulfide) groups is 1. The number of hydrogen-bond acceptors (Lipinski definition) is 7. The number of aliphatic hydroxyl groups is 1. The maximum Gasteiger partial charge on any atom is 0.244 e. The molecule has 4 aliphatic rings. The van der Waals surface area contributed by atoms with E-state index >= 15 is 0 Å². The maximum absolute atomic E-state index is 14.2. The topological polar surface area (TPSA) is 111 Å². The van der Waals surface area contributed by atoms with Crippen molar-refractivity contribution in [3.05, 3.63) is 30.3 Å². The molecular weight excluding hydrogens is 504 g/mol. The van der Waals surface area contributed by atoms with E-state index in [1.165, 1.54) is 0 Å². The van der Waals surface area contributed by atoms with Crippen LogP contribution in [0.1, 0.15) is 33.1 Å². The van der Waals surface area contributed by atoms with Crippen LogP contribution in [0, 0.1) is 17.8 Å². The fourth-order valence-electron chi connectivity index (χ4n) is 6.87. The standard InChI is InChI=1S/C28H40N4O5S/c1-3-18(2)20(17-33)32-24(26(35)29-11-12-31-13-15-37-16-14-31)28-10-9-21(38-28)22(23(28)27(32)36)25(34)30-19-7-5-4-6-8-19/h4-8,18,20-24,33H,3,9-17H2,1-2H3,(H,29,35)(H,30,34)/t18-,20-,21+,22-,23-,24?,28?/m0/s1. The summed E-state index contributed by atoms with van der Waals surface area (Å²) < 4.78 is 4.76. The van der Waals surface area contributed by atoms with Gasteiger partial charge in [-0.15, -0.1) is 11.8 Å². The highest BCUT2D eigenvalue weighted by atomic mass is 32.2. The predicted molar refractivity (Wildman–Crippen MR) is 147 cm³/mol. The summed E-state index contributed by atoms with van der Waals surface area (Å²) in [6.07, 6.45) is 2.27. The molecule has 4 fully saturated rings. The van der Waals surface area contributed by atoms with E-state index in [4.69, 9.17) is 4.74 Å². The van der Waals surface area contributed by atoms with E-state index in [1.807, 2.05) is 44.2 Å². The van der Waals surface area contributed by atoms with Crippen molar-refractivity contribution in [3.63, 3.8) is 0 Å². The van der Waals surface area contributed by atoms with Crippen molar-refractivity contribution in [3.8, 4) is 0 Å². The Hall–Kier alpha value is -2.14. The Morgan fingerprint density at radius 1 is 1.21 bits per heavy atom. The predicted octanol–water partition coefficient (Wildman–Crippen LogP) is 1.57. The fourth-order valence-corrected chi connectivity index (χ4v) is 9.07. The SMILES string of the molecule is CC[C@H](C)[C@H](CO)N1C(=O)[C@@H]2[C@@H](C(=O)Nc3ccccc3)[C@H]3CCC2(S3)C1C(=O)NCCN1CCOCC1. The van der Waals surface area contributed by atoms with Crippen LogP contribution in [-0.2, 0) is 19.1 Å². The average molecular weight is 545 g/mol. The summed E-state index contributed by atoms with van der Waals surface area (Å²) >= 11 is 1.66. The van der Waals surface area contributed by atoms with Crippen LogP contribution in [0.25, 0.3) is 0 Å². The number of morpholine rings is 1. The summed E-state index contributed by atoms with van der Waals surface area (Å²) in [5, 5.41) is 16.6. The van der Waals surface area contributed by atoms with Crippen molar-refractivity contribution in [2.75, 3.05) is 51.3 Å². The molecule has 208 valence electrons. The van der Waals surface area contributed by atoms with E-state index in [0.717, 1.165) is 32.5 Å². The van der Waals surface area contributed by atoms with Crippen molar-refractivity contribution in [2.45, 2.75) is 55.2 Å². The number of likely N-dealkylation sites (tertiary alicyclic amines) is 1. The van der Waals surface area contributed by atoms with E-state index in [-0.39, 0.29) is 35.5 Å². The maximum atomic E-state index is 14.2. The van der Waals surface area contributed by atoms with Crippen molar-refractivity contribution in [1.29, 1.82) is 0 Å². The largest absolute Gasteiger partial charge is 0.394 e. The fraction of sp³-hybridized carbons (Fsp3) is 0.679. The zero-order valence-electron chi connectivity index (χ0n) is 22.3. The van der Waals surface area contributed by atoms with Crippen LogP contribution in [0.3, 0.4) is 0 Å². The average Bonchev–Trinajstić information content (AvgIpc) is 3.58. The summed E-state index contributed by atoms with van der Waals surface area (Å²) in [5.74, 6) is -1.57. The normalized spacial score (nSPS) is 32.2. The third-order valence-corrected chi connectivity index (χ3v) is 11.0. The number of benzene rings is 1. The lowest BCUT2D eigenvalue weighted by atomic mass is 9.70. The highest BCUT2D eigenvalue weighted by Crippen LogP contribution is 2.66. The van der Waals surface area contributed by atoms with Gasteiger partial charge in [0.2, 0.25) is 17.7 Å². The second-order valence-corrected chi connectivity index (χ2v) is 12.6. The van der Waals surface area contributed by atoms with Crippen LogP contribution >= 0.6 is 11.8 Å². The number of aliphatic hydroxyl groups excluding tert-OH is 1. The Balaban J connectivity index is 1.41. The number of amides is 3. The second kappa shape index (κ2) is 11.5. The molecule has 0 aromatic heterocycles. The Labute approximate surface area is 229 Å². The van der Waals surface area contributed by atoms with Gasteiger partial charge in [0, 0.05) is 37.1 Å². The summed E-state index contributed by atoms with van der Waals surface area (Å²) in [6.45, 7) is 8.10. The molecule has 2 unspecified atom stereocenters. The van der Waals surface area contributed by atoms with E-state index in [1.54, 1.807) is 16.7 Å². The Morgan fingerprint density at radius 3 is 2.63 bits per heavy atom. The van der Waals surface area contributed by atoms with Crippen molar-refractivity contribution >= 4 is 35.2 Å². The molecule has 4 heterocycles. The van der Waals surface area contributed by atoms with Crippen LogP contribution in [0.2, 0.25) is 0 Å². The molecule has 38 heavy (non-hydrogen) atoms. The van der Waals surface area contributed by atoms with Gasteiger partial charge in [-0.1, -0.05) is 38.5 Å². The first kappa shape index (κ1) is 27.4. The van der Waals surface area contributed by atoms with E-state index in [2.05, 4.69) is 15.5 Å². The summed E-state index contributed by atoms with van der Waals surface area (Å²) in [5.41, 5.74) is 0.701. The number of ether oxygens (including phenoxy) is 1. The number of carbonyl (C=O) groups is 3. The van der Waals surface area contributed by atoms with Gasteiger partial charge in [-0.2, -0.15) is 0 Å². The van der Waals surface area contributed by atoms with E-state index in [0.29, 0.717) is 31.9 Å². The van der Waals surface area contributed by atoms with Gasteiger partial charge < -0.3 is 25.4 Å². The molecule has 0 radical (unpaired) electrons. The van der Waals surface area contributed by atoms with Crippen molar-refractivity contribution in [2.24, 2.45) is 17.8 Å². The van der Waals surface area contributed by atoms with Gasteiger partial charge in [0.1, 0.15) is 6.04 Å². The van der Waals surface area contributed by atoms with Gasteiger partial charge in [0.25, 0.3) is 0 Å². The molecule has 7 atom stereocenters.